The van der Waals surface area contributed by atoms with Crippen molar-refractivity contribution in [3.05, 3.63) is 12.7 Å². The lowest BCUT2D eigenvalue weighted by atomic mass is 9.95. The molecule has 0 aliphatic carbocycles. The van der Waals surface area contributed by atoms with Gasteiger partial charge in [-0.25, -0.2) is 8.78 Å². The first-order valence-electron chi connectivity index (χ1n) is 5.74. The van der Waals surface area contributed by atoms with Crippen LogP contribution in [0.1, 0.15) is 6.42 Å². The van der Waals surface area contributed by atoms with E-state index in [0.29, 0.717) is 0 Å². The largest absolute Gasteiger partial charge is 0.339 e. The second-order valence-corrected chi connectivity index (χ2v) is 4.43. The average molecular weight is 271 g/mol. The van der Waals surface area contributed by atoms with Crippen molar-refractivity contribution in [2.45, 2.75) is 12.3 Å². The fraction of sp³-hybridized carbons (Fsp3) is 0.583. The normalized spacial score (nSPS) is 21.4. The summed E-state index contributed by atoms with van der Waals surface area (Å²) in [4.78, 5) is 25.4. The summed E-state index contributed by atoms with van der Waals surface area (Å²) < 4.78 is 26.6. The highest BCUT2D eigenvalue weighted by molar-refractivity contribution is 5.90. The Morgan fingerprint density at radius 2 is 2.26 bits per heavy atom. The Morgan fingerprint density at radius 3 is 2.79 bits per heavy atom. The second kappa shape index (κ2) is 5.78. The van der Waals surface area contributed by atoms with E-state index in [-0.39, 0.29) is 19.6 Å². The predicted octanol–water partition coefficient (Wildman–Crippen LogP) is 0.638. The Balaban J connectivity index is 2.63. The van der Waals surface area contributed by atoms with Gasteiger partial charge in [-0.3, -0.25) is 9.59 Å². The van der Waals surface area contributed by atoms with Gasteiger partial charge in [0.05, 0.1) is 12.6 Å². The van der Waals surface area contributed by atoms with Crippen molar-refractivity contribution in [1.82, 2.24) is 9.80 Å². The minimum atomic E-state index is -3.06. The van der Waals surface area contributed by atoms with Gasteiger partial charge in [-0.1, -0.05) is 6.58 Å². The number of nitrogens with zero attached hydrogens (tertiary/aromatic N) is 3. The summed E-state index contributed by atoms with van der Waals surface area (Å²) in [5.74, 6) is -5.43. The summed E-state index contributed by atoms with van der Waals surface area (Å²) in [5, 5.41) is 8.69. The van der Waals surface area contributed by atoms with Crippen molar-refractivity contribution in [2.75, 3.05) is 26.7 Å². The smallest absolute Gasteiger partial charge is 0.267 e. The first kappa shape index (κ1) is 15.1. The molecule has 1 aliphatic rings. The Morgan fingerprint density at radius 1 is 1.63 bits per heavy atom. The average Bonchev–Trinajstić information content (AvgIpc) is 2.37. The first-order chi connectivity index (χ1) is 8.81. The van der Waals surface area contributed by atoms with E-state index >= 15 is 0 Å². The molecule has 1 saturated heterocycles. The van der Waals surface area contributed by atoms with Gasteiger partial charge in [0.25, 0.3) is 5.92 Å². The van der Waals surface area contributed by atoms with Gasteiger partial charge >= 0.3 is 0 Å². The monoisotopic (exact) mass is 271 g/mol. The summed E-state index contributed by atoms with van der Waals surface area (Å²) in [7, 11) is 1.42. The summed E-state index contributed by atoms with van der Waals surface area (Å²) in [5.41, 5.74) is 0. The van der Waals surface area contributed by atoms with Crippen LogP contribution in [-0.4, -0.2) is 54.2 Å². The Labute approximate surface area is 110 Å². The molecule has 0 spiro atoms. The van der Waals surface area contributed by atoms with Crippen LogP contribution in [0.5, 0.6) is 0 Å². The lowest BCUT2D eigenvalue weighted by Gasteiger charge is -2.35. The maximum absolute atomic E-state index is 13.3. The summed E-state index contributed by atoms with van der Waals surface area (Å²) in [6.07, 6.45) is 0.534. The van der Waals surface area contributed by atoms with E-state index in [1.54, 1.807) is 0 Å². The Hall–Kier alpha value is -1.97. The second-order valence-electron chi connectivity index (χ2n) is 4.43. The lowest BCUT2D eigenvalue weighted by molar-refractivity contribution is -0.145. The fourth-order valence-corrected chi connectivity index (χ4v) is 1.80. The number of halogens is 2. The van der Waals surface area contributed by atoms with Crippen molar-refractivity contribution in [2.24, 2.45) is 5.92 Å². The third-order valence-corrected chi connectivity index (χ3v) is 3.06. The van der Waals surface area contributed by atoms with Crippen LogP contribution in [0.4, 0.5) is 8.78 Å². The molecular formula is C12H15F2N3O2. The van der Waals surface area contributed by atoms with Gasteiger partial charge in [-0.2, -0.15) is 5.26 Å². The van der Waals surface area contributed by atoms with Gasteiger partial charge in [-0.05, 0) is 6.08 Å². The van der Waals surface area contributed by atoms with Crippen molar-refractivity contribution in [1.29, 1.82) is 5.26 Å². The molecule has 104 valence electrons. The van der Waals surface area contributed by atoms with E-state index < -0.39 is 30.1 Å². The number of rotatable bonds is 3. The number of nitriles is 1. The molecule has 5 nitrogen and oxygen atoms in total. The maximum Gasteiger partial charge on any atom is 0.267 e. The van der Waals surface area contributed by atoms with Crippen LogP contribution < -0.4 is 0 Å². The van der Waals surface area contributed by atoms with Crippen LogP contribution in [0.25, 0.3) is 0 Å². The molecule has 1 fully saturated rings. The molecule has 0 aromatic heterocycles. The number of alkyl halides is 2. The number of carbonyl (C=O) groups is 2. The van der Waals surface area contributed by atoms with Crippen molar-refractivity contribution >= 4 is 11.8 Å². The zero-order chi connectivity index (χ0) is 14.6. The van der Waals surface area contributed by atoms with E-state index in [0.717, 1.165) is 11.0 Å². The number of likely N-dealkylation sites (N-methyl/N-ethyl adjacent to an activating group) is 1. The molecule has 1 unspecified atom stereocenters. The van der Waals surface area contributed by atoms with Gasteiger partial charge < -0.3 is 9.80 Å². The molecule has 19 heavy (non-hydrogen) atoms. The highest BCUT2D eigenvalue weighted by Crippen LogP contribution is 2.32. The molecular weight excluding hydrogens is 256 g/mol. The molecule has 1 rings (SSSR count). The van der Waals surface area contributed by atoms with E-state index in [1.807, 2.05) is 0 Å². The zero-order valence-corrected chi connectivity index (χ0v) is 10.6. The maximum atomic E-state index is 13.3. The van der Waals surface area contributed by atoms with Crippen LogP contribution in [0.15, 0.2) is 12.7 Å². The van der Waals surface area contributed by atoms with Crippen LogP contribution in [0.2, 0.25) is 0 Å². The SMILES string of the molecule is C=CC(=O)N(C)CC(=O)N1CCC(F)(F)C(C#N)C1. The quantitative estimate of drug-likeness (QED) is 0.707. The molecule has 0 bridgehead atoms. The fourth-order valence-electron chi connectivity index (χ4n) is 1.80. The van der Waals surface area contributed by atoms with Crippen LogP contribution in [-0.2, 0) is 9.59 Å². The molecule has 1 heterocycles. The van der Waals surface area contributed by atoms with E-state index in [1.165, 1.54) is 18.0 Å². The van der Waals surface area contributed by atoms with Crippen molar-refractivity contribution in [3.8, 4) is 6.07 Å². The Bertz CT molecular complexity index is 431. The first-order valence-corrected chi connectivity index (χ1v) is 5.74. The van der Waals surface area contributed by atoms with Crippen LogP contribution >= 0.6 is 0 Å². The van der Waals surface area contributed by atoms with Gasteiger partial charge in [0, 0.05) is 26.6 Å². The molecule has 0 aromatic carbocycles. The zero-order valence-electron chi connectivity index (χ0n) is 10.6. The predicted molar refractivity (Wildman–Crippen MR) is 63.1 cm³/mol. The van der Waals surface area contributed by atoms with Gasteiger partial charge in [0.2, 0.25) is 11.8 Å². The summed E-state index contributed by atoms with van der Waals surface area (Å²) >= 11 is 0. The summed E-state index contributed by atoms with van der Waals surface area (Å²) in [6, 6.07) is 1.53. The third kappa shape index (κ3) is 3.50. The van der Waals surface area contributed by atoms with E-state index in [2.05, 4.69) is 6.58 Å². The van der Waals surface area contributed by atoms with Crippen LogP contribution in [0, 0.1) is 17.2 Å². The molecule has 0 saturated carbocycles. The molecule has 1 atom stereocenters. The molecule has 2 amide bonds. The minimum Gasteiger partial charge on any atom is -0.339 e. The highest BCUT2D eigenvalue weighted by atomic mass is 19.3. The molecule has 0 radical (unpaired) electrons. The molecule has 0 aromatic rings. The number of hydrogen-bond acceptors (Lipinski definition) is 3. The molecule has 0 N–H and O–H groups in total. The van der Waals surface area contributed by atoms with Gasteiger partial charge in [0.15, 0.2) is 0 Å². The number of carbonyl (C=O) groups excluding carboxylic acids is 2. The number of likely N-dealkylation sites (tertiary alicyclic amines) is 1. The highest BCUT2D eigenvalue weighted by Gasteiger charge is 2.45. The minimum absolute atomic E-state index is 0.111. The van der Waals surface area contributed by atoms with E-state index in [4.69, 9.17) is 5.26 Å². The topological polar surface area (TPSA) is 64.4 Å². The van der Waals surface area contributed by atoms with Gasteiger partial charge in [0.1, 0.15) is 5.92 Å². The Kier molecular flexibility index (Phi) is 4.59. The standard InChI is InChI=1S/C12H15F2N3O2/c1-3-10(18)16(2)8-11(19)17-5-4-12(13,14)9(6-15)7-17/h3,9H,1,4-5,7-8H2,2H3. The van der Waals surface area contributed by atoms with Crippen molar-refractivity contribution in [3.63, 3.8) is 0 Å². The number of hydrogen-bond donors (Lipinski definition) is 0. The number of piperidine rings is 1. The van der Waals surface area contributed by atoms with Gasteiger partial charge in [-0.15, -0.1) is 0 Å². The third-order valence-electron chi connectivity index (χ3n) is 3.06. The van der Waals surface area contributed by atoms with Crippen LogP contribution in [0.3, 0.4) is 0 Å². The summed E-state index contributed by atoms with van der Waals surface area (Å²) in [6.45, 7) is 2.66. The van der Waals surface area contributed by atoms with E-state index in [9.17, 15) is 18.4 Å². The lowest BCUT2D eigenvalue weighted by Crippen LogP contribution is -2.51. The molecule has 1 aliphatic heterocycles. The number of amides is 2. The molecule has 7 heteroatoms. The van der Waals surface area contributed by atoms with Crippen molar-refractivity contribution < 1.29 is 18.4 Å².